The van der Waals surface area contributed by atoms with Crippen molar-refractivity contribution in [1.29, 1.82) is 0 Å². The van der Waals surface area contributed by atoms with Gasteiger partial charge in [0.05, 0.1) is 25.2 Å². The summed E-state index contributed by atoms with van der Waals surface area (Å²) in [5.74, 6) is 1.18. The lowest BCUT2D eigenvalue weighted by Crippen LogP contribution is -2.67. The second kappa shape index (κ2) is 12.8. The fraction of sp³-hybridized carbons (Fsp3) is 0.270. The topological polar surface area (TPSA) is 22.1 Å². The first-order valence-electron chi connectivity index (χ1n) is 15.5. The summed E-state index contributed by atoms with van der Waals surface area (Å²) < 4.78 is 46.8. The first-order chi connectivity index (χ1) is 21.7. The molecule has 3 aliphatic rings. The fourth-order valence-electron chi connectivity index (χ4n) is 7.90. The van der Waals surface area contributed by atoms with Crippen molar-refractivity contribution < 1.29 is 26.5 Å². The van der Waals surface area contributed by atoms with Crippen molar-refractivity contribution in [3.8, 4) is 0 Å². The molecule has 4 aromatic carbocycles. The Morgan fingerprint density at radius 3 is 2.16 bits per heavy atom. The van der Waals surface area contributed by atoms with Crippen LogP contribution in [-0.4, -0.2) is 42.5 Å². The summed E-state index contributed by atoms with van der Waals surface area (Å²) in [7, 11) is -6.00. The van der Waals surface area contributed by atoms with Gasteiger partial charge in [0.15, 0.2) is 0 Å². The van der Waals surface area contributed by atoms with Gasteiger partial charge >= 0.3 is 7.25 Å². The van der Waals surface area contributed by atoms with Crippen molar-refractivity contribution in [2.24, 2.45) is 11.8 Å². The van der Waals surface area contributed by atoms with Gasteiger partial charge in [0, 0.05) is 35.9 Å². The smallest absolute Gasteiger partial charge is 0.418 e. The highest BCUT2D eigenvalue weighted by atomic mass is 19.5. The summed E-state index contributed by atoms with van der Waals surface area (Å²) in [4.78, 5) is 4.68. The molecule has 8 rings (SSSR count). The number of aromatic nitrogens is 1. The predicted molar refractivity (Wildman–Crippen MR) is 176 cm³/mol. The molecule has 1 aromatic heterocycles. The van der Waals surface area contributed by atoms with Crippen LogP contribution in [0.15, 0.2) is 116 Å². The first kappa shape index (κ1) is 31.0. The van der Waals surface area contributed by atoms with Crippen LogP contribution < -0.4 is 0 Å². The number of ether oxygens (including phenoxy) is 1. The molecule has 4 heterocycles. The highest BCUT2D eigenvalue weighted by molar-refractivity contribution is 6.50. The van der Waals surface area contributed by atoms with E-state index in [1.807, 2.05) is 12.3 Å². The van der Waals surface area contributed by atoms with Gasteiger partial charge in [0.1, 0.15) is 18.7 Å². The molecule has 0 radical (unpaired) electrons. The molecule has 3 aliphatic heterocycles. The second-order valence-electron chi connectivity index (χ2n) is 12.3. The van der Waals surface area contributed by atoms with E-state index in [1.54, 1.807) is 0 Å². The van der Waals surface area contributed by atoms with Crippen LogP contribution in [0.3, 0.4) is 0 Å². The quantitative estimate of drug-likeness (QED) is 0.0573. The average molecular weight is 613 g/mol. The second-order valence-corrected chi connectivity index (χ2v) is 12.3. The van der Waals surface area contributed by atoms with Gasteiger partial charge in [0.2, 0.25) is 0 Å². The minimum Gasteiger partial charge on any atom is -0.418 e. The van der Waals surface area contributed by atoms with E-state index >= 15 is 0 Å². The van der Waals surface area contributed by atoms with Crippen LogP contribution >= 0.6 is 0 Å². The number of hydrogen-bond acceptors (Lipinski definition) is 2. The number of hydrogen-bond donors (Lipinski definition) is 0. The monoisotopic (exact) mass is 612 g/mol. The summed E-state index contributed by atoms with van der Waals surface area (Å²) in [6.07, 6.45) is 8.41. The first-order valence-corrected chi connectivity index (χ1v) is 15.5. The van der Waals surface area contributed by atoms with E-state index < -0.39 is 7.25 Å². The average Bonchev–Trinajstić information content (AvgIpc) is 3.04. The molecule has 0 aliphatic carbocycles. The highest BCUT2D eigenvalue weighted by Crippen LogP contribution is 2.50. The third-order valence-electron chi connectivity index (χ3n) is 9.76. The van der Waals surface area contributed by atoms with Crippen LogP contribution in [0, 0.1) is 11.8 Å². The Bertz CT molecular complexity index is 1780. The Labute approximate surface area is 261 Å². The molecular formula is C37H37BF4N2O. The molecule has 232 valence electrons. The van der Waals surface area contributed by atoms with E-state index in [9.17, 15) is 17.3 Å². The number of fused-ring (bicyclic) bond motifs is 6. The van der Waals surface area contributed by atoms with Crippen LogP contribution in [0.2, 0.25) is 0 Å². The Hall–Kier alpha value is -4.01. The molecule has 45 heavy (non-hydrogen) atoms. The molecule has 8 heteroatoms. The van der Waals surface area contributed by atoms with Crippen LogP contribution in [-0.2, 0) is 11.3 Å². The van der Waals surface area contributed by atoms with Crippen molar-refractivity contribution >= 4 is 39.7 Å². The maximum absolute atomic E-state index is 9.75. The van der Waals surface area contributed by atoms with E-state index in [1.165, 1.54) is 44.5 Å². The highest BCUT2D eigenvalue weighted by Gasteiger charge is 2.54. The lowest BCUT2D eigenvalue weighted by Gasteiger charge is -2.58. The molecule has 3 saturated heterocycles. The number of halogens is 4. The zero-order valence-corrected chi connectivity index (χ0v) is 25.2. The van der Waals surface area contributed by atoms with Crippen molar-refractivity contribution in [2.45, 2.75) is 31.5 Å². The number of pyridine rings is 1. The van der Waals surface area contributed by atoms with Gasteiger partial charge in [-0.05, 0) is 51.2 Å². The lowest BCUT2D eigenvalue weighted by atomic mass is 9.70. The Balaban J connectivity index is 0.000000664. The van der Waals surface area contributed by atoms with E-state index in [0.29, 0.717) is 24.5 Å². The molecule has 5 atom stereocenters. The summed E-state index contributed by atoms with van der Waals surface area (Å²) in [6, 6.07) is 31.2. The van der Waals surface area contributed by atoms with Crippen molar-refractivity contribution in [1.82, 2.24) is 4.98 Å². The number of rotatable bonds is 8. The lowest BCUT2D eigenvalue weighted by molar-refractivity contribution is -0.984. The largest absolute Gasteiger partial charge is 0.673 e. The molecule has 0 amide bonds. The zero-order valence-electron chi connectivity index (χ0n) is 25.2. The van der Waals surface area contributed by atoms with Gasteiger partial charge < -0.3 is 26.5 Å². The Kier molecular flexibility index (Phi) is 8.80. The van der Waals surface area contributed by atoms with Gasteiger partial charge in [-0.15, -0.1) is 13.2 Å². The van der Waals surface area contributed by atoms with Crippen LogP contribution in [0.1, 0.15) is 30.1 Å². The minimum atomic E-state index is -6.00. The van der Waals surface area contributed by atoms with Gasteiger partial charge in [-0.1, -0.05) is 78.9 Å². The van der Waals surface area contributed by atoms with E-state index in [0.717, 1.165) is 36.1 Å². The number of benzene rings is 4. The van der Waals surface area contributed by atoms with Gasteiger partial charge in [-0.3, -0.25) is 4.98 Å². The molecule has 0 saturated carbocycles. The van der Waals surface area contributed by atoms with Crippen LogP contribution in [0.4, 0.5) is 17.3 Å². The van der Waals surface area contributed by atoms with Crippen LogP contribution in [0.5, 0.6) is 0 Å². The molecule has 1 unspecified atom stereocenters. The SMILES string of the molecule is C=CCO[C@H](c1ccnc2ccccc12)[C@@H]1C[C@@H]2CC[N+]1(Cc1c3ccccc3cc3ccccc13)C[C@@H]2C=C.F[B-](F)(F)F. The van der Waals surface area contributed by atoms with Crippen molar-refractivity contribution in [2.75, 3.05) is 19.7 Å². The van der Waals surface area contributed by atoms with Crippen molar-refractivity contribution in [3.05, 3.63) is 128 Å². The molecule has 0 N–H and O–H groups in total. The fourth-order valence-corrected chi connectivity index (χ4v) is 7.90. The van der Waals surface area contributed by atoms with Crippen LogP contribution in [0.25, 0.3) is 32.4 Å². The minimum absolute atomic E-state index is 0.0410. The molecule has 3 nitrogen and oxygen atoms in total. The van der Waals surface area contributed by atoms with Gasteiger partial charge in [0.25, 0.3) is 0 Å². The predicted octanol–water partition coefficient (Wildman–Crippen LogP) is 9.70. The van der Waals surface area contributed by atoms with Gasteiger partial charge in [-0.25, -0.2) is 0 Å². The maximum Gasteiger partial charge on any atom is 0.673 e. The normalized spacial score (nSPS) is 23.4. The number of nitrogens with zero attached hydrogens (tertiary/aromatic N) is 2. The van der Waals surface area contributed by atoms with Crippen molar-refractivity contribution in [3.63, 3.8) is 0 Å². The molecular weight excluding hydrogens is 575 g/mol. The number of quaternary nitrogens is 1. The Morgan fingerprint density at radius 1 is 0.889 bits per heavy atom. The molecule has 3 fully saturated rings. The summed E-state index contributed by atoms with van der Waals surface area (Å²) in [5, 5.41) is 6.56. The summed E-state index contributed by atoms with van der Waals surface area (Å²) in [6.45, 7) is 12.1. The van der Waals surface area contributed by atoms with Gasteiger partial charge in [-0.2, -0.15) is 0 Å². The standard InChI is InChI=1S/C37H37N2O.BF4/c1-3-21-40-37(33-17-19-38-35-16-10-9-15-32(33)35)36-23-27-18-20-39(36,24-26(27)4-2)25-34-30-13-7-5-11-28(30)22-29-12-6-8-14-31(29)34;2-1(3,4)5/h3-17,19,22,26-27,36-37H,1-2,18,20-21,23-25H2;/q+1;-1/t26-,27-,36-,37+,39?;/m0./s1. The number of para-hydroxylation sites is 1. The third-order valence-corrected chi connectivity index (χ3v) is 9.76. The van der Waals surface area contributed by atoms with E-state index in [2.05, 4.69) is 109 Å². The summed E-state index contributed by atoms with van der Waals surface area (Å²) >= 11 is 0. The summed E-state index contributed by atoms with van der Waals surface area (Å²) in [5.41, 5.74) is 3.74. The zero-order chi connectivity index (χ0) is 31.6. The molecule has 2 bridgehead atoms. The maximum atomic E-state index is 9.75. The third kappa shape index (κ3) is 6.40. The number of piperidine rings is 3. The molecule has 0 spiro atoms. The van der Waals surface area contributed by atoms with E-state index in [-0.39, 0.29) is 6.10 Å². The Morgan fingerprint density at radius 2 is 1.51 bits per heavy atom. The van der Waals surface area contributed by atoms with E-state index in [4.69, 9.17) is 4.74 Å². The molecule has 5 aromatic rings.